The number of pyridine rings is 1. The summed E-state index contributed by atoms with van der Waals surface area (Å²) in [6.07, 6.45) is 9.62. The van der Waals surface area contributed by atoms with Crippen LogP contribution in [0.3, 0.4) is 0 Å². The number of unbranched alkanes of at least 4 members (excludes halogenated alkanes) is 2. The Labute approximate surface area is 206 Å². The second-order valence-corrected chi connectivity index (χ2v) is 7.82. The van der Waals surface area contributed by atoms with Crippen LogP contribution in [0.1, 0.15) is 54.1 Å². The number of nitrogens with zero attached hydrogens (tertiary/aromatic N) is 1. The van der Waals surface area contributed by atoms with Crippen molar-refractivity contribution in [2.45, 2.75) is 32.6 Å². The van der Waals surface area contributed by atoms with E-state index in [4.69, 9.17) is 14.2 Å². The lowest BCUT2D eigenvalue weighted by Gasteiger charge is -2.11. The van der Waals surface area contributed by atoms with Crippen molar-refractivity contribution in [2.24, 2.45) is 0 Å². The number of ether oxygens (including phenoxy) is 3. The van der Waals surface area contributed by atoms with Crippen LogP contribution < -0.4 is 9.47 Å². The van der Waals surface area contributed by atoms with Crippen LogP contribution in [0.5, 0.6) is 11.5 Å². The van der Waals surface area contributed by atoms with Crippen LogP contribution in [0.2, 0.25) is 0 Å². The van der Waals surface area contributed by atoms with E-state index in [9.17, 15) is 9.59 Å². The third-order valence-electron chi connectivity index (χ3n) is 5.26. The molecule has 0 aliphatic heterocycles. The number of aromatic nitrogens is 1. The Balaban J connectivity index is 1.54. The standard InChI is InChI=1S/C29H31NO5/c1-2-33-29(32)9-5-3-4-8-28(25-7-6-18-30-21-25)24-12-16-27(17-13-24)35-20-19-34-26-14-10-23(22-31)11-15-26/h6-8,10-18,21-22H,2-5,9,19-20H2,1H3/b28-8+. The van der Waals surface area contributed by atoms with Gasteiger partial charge in [-0.3, -0.25) is 14.6 Å². The first kappa shape index (κ1) is 25.7. The molecule has 1 heterocycles. The number of rotatable bonds is 14. The van der Waals surface area contributed by atoms with Gasteiger partial charge in [0, 0.05) is 29.9 Å². The lowest BCUT2D eigenvalue weighted by molar-refractivity contribution is -0.143. The Hall–Kier alpha value is -3.93. The van der Waals surface area contributed by atoms with Crippen LogP contribution >= 0.6 is 0 Å². The minimum absolute atomic E-state index is 0.138. The monoisotopic (exact) mass is 473 g/mol. The predicted molar refractivity (Wildman–Crippen MR) is 136 cm³/mol. The van der Waals surface area contributed by atoms with E-state index in [0.717, 1.165) is 48.0 Å². The molecule has 35 heavy (non-hydrogen) atoms. The van der Waals surface area contributed by atoms with Gasteiger partial charge in [0.15, 0.2) is 0 Å². The zero-order chi connectivity index (χ0) is 24.7. The van der Waals surface area contributed by atoms with Crippen molar-refractivity contribution in [1.29, 1.82) is 0 Å². The fraction of sp³-hybridized carbons (Fsp3) is 0.276. The summed E-state index contributed by atoms with van der Waals surface area (Å²) in [7, 11) is 0. The highest BCUT2D eigenvalue weighted by molar-refractivity contribution is 5.79. The molecule has 0 atom stereocenters. The van der Waals surface area contributed by atoms with Crippen LogP contribution in [-0.2, 0) is 9.53 Å². The Bertz CT molecular complexity index is 1080. The average molecular weight is 474 g/mol. The van der Waals surface area contributed by atoms with Gasteiger partial charge in [-0.05, 0) is 79.8 Å². The maximum Gasteiger partial charge on any atom is 0.305 e. The van der Waals surface area contributed by atoms with Crippen molar-refractivity contribution in [3.63, 3.8) is 0 Å². The minimum atomic E-state index is -0.138. The largest absolute Gasteiger partial charge is 0.490 e. The molecule has 0 saturated heterocycles. The van der Waals surface area contributed by atoms with Gasteiger partial charge >= 0.3 is 5.97 Å². The smallest absolute Gasteiger partial charge is 0.305 e. The molecule has 6 heteroatoms. The second kappa shape index (κ2) is 14.4. The Morgan fingerprint density at radius 2 is 1.57 bits per heavy atom. The Morgan fingerprint density at radius 1 is 0.886 bits per heavy atom. The summed E-state index contributed by atoms with van der Waals surface area (Å²) >= 11 is 0. The summed E-state index contributed by atoms with van der Waals surface area (Å²) < 4.78 is 16.5. The fourth-order valence-electron chi connectivity index (χ4n) is 3.51. The summed E-state index contributed by atoms with van der Waals surface area (Å²) in [6.45, 7) is 3.05. The summed E-state index contributed by atoms with van der Waals surface area (Å²) in [5.74, 6) is 1.32. The van der Waals surface area contributed by atoms with Crippen LogP contribution in [0.15, 0.2) is 79.1 Å². The molecule has 6 nitrogen and oxygen atoms in total. The van der Waals surface area contributed by atoms with Gasteiger partial charge in [0.25, 0.3) is 0 Å². The third kappa shape index (κ3) is 8.74. The Kier molecular flexibility index (Phi) is 10.5. The topological polar surface area (TPSA) is 74.7 Å². The molecule has 0 bridgehead atoms. The second-order valence-electron chi connectivity index (χ2n) is 7.82. The minimum Gasteiger partial charge on any atom is -0.490 e. The molecule has 0 amide bonds. The molecular weight excluding hydrogens is 442 g/mol. The van der Waals surface area contributed by atoms with Gasteiger partial charge in [0.2, 0.25) is 0 Å². The van der Waals surface area contributed by atoms with Crippen molar-refractivity contribution >= 4 is 17.8 Å². The van der Waals surface area contributed by atoms with Crippen molar-refractivity contribution in [2.75, 3.05) is 19.8 Å². The number of esters is 1. The molecule has 0 saturated carbocycles. The first-order valence-electron chi connectivity index (χ1n) is 11.9. The fourth-order valence-corrected chi connectivity index (χ4v) is 3.51. The molecule has 3 aromatic rings. The highest BCUT2D eigenvalue weighted by Crippen LogP contribution is 2.26. The van der Waals surface area contributed by atoms with Crippen LogP contribution in [0.4, 0.5) is 0 Å². The summed E-state index contributed by atoms with van der Waals surface area (Å²) in [5, 5.41) is 0. The zero-order valence-electron chi connectivity index (χ0n) is 20.0. The Morgan fingerprint density at radius 3 is 2.17 bits per heavy atom. The normalized spacial score (nSPS) is 11.1. The van der Waals surface area contributed by atoms with Gasteiger partial charge in [-0.1, -0.05) is 24.3 Å². The van der Waals surface area contributed by atoms with E-state index in [2.05, 4.69) is 11.1 Å². The number of aldehydes is 1. The summed E-state index contributed by atoms with van der Waals surface area (Å²) in [4.78, 5) is 26.5. The molecule has 0 spiro atoms. The number of benzene rings is 2. The highest BCUT2D eigenvalue weighted by Gasteiger charge is 2.07. The molecule has 2 aromatic carbocycles. The van der Waals surface area contributed by atoms with Crippen molar-refractivity contribution in [3.8, 4) is 11.5 Å². The summed E-state index contributed by atoms with van der Waals surface area (Å²) in [5.41, 5.74) is 3.83. The maximum atomic E-state index is 11.5. The first-order chi connectivity index (χ1) is 17.2. The number of allylic oxidation sites excluding steroid dienone is 1. The molecule has 0 radical (unpaired) electrons. The molecule has 0 fully saturated rings. The molecule has 0 unspecified atom stereocenters. The third-order valence-corrected chi connectivity index (χ3v) is 5.26. The lowest BCUT2D eigenvalue weighted by atomic mass is 9.97. The van der Waals surface area contributed by atoms with E-state index in [1.807, 2.05) is 49.5 Å². The van der Waals surface area contributed by atoms with E-state index in [0.29, 0.717) is 37.6 Å². The van der Waals surface area contributed by atoms with Crippen LogP contribution in [-0.4, -0.2) is 37.1 Å². The first-order valence-corrected chi connectivity index (χ1v) is 11.9. The van der Waals surface area contributed by atoms with Gasteiger partial charge in [0.1, 0.15) is 31.0 Å². The van der Waals surface area contributed by atoms with Gasteiger partial charge in [-0.2, -0.15) is 0 Å². The molecule has 0 aliphatic carbocycles. The zero-order valence-corrected chi connectivity index (χ0v) is 20.0. The highest BCUT2D eigenvalue weighted by atomic mass is 16.5. The average Bonchev–Trinajstić information content (AvgIpc) is 2.90. The predicted octanol–water partition coefficient (Wildman–Crippen LogP) is 5.91. The van der Waals surface area contributed by atoms with Gasteiger partial charge in [-0.25, -0.2) is 0 Å². The number of carbonyl (C=O) groups is 2. The number of carbonyl (C=O) groups excluding carboxylic acids is 2. The van der Waals surface area contributed by atoms with Gasteiger partial charge < -0.3 is 14.2 Å². The lowest BCUT2D eigenvalue weighted by Crippen LogP contribution is -2.09. The van der Waals surface area contributed by atoms with Gasteiger partial charge in [0.05, 0.1) is 6.61 Å². The van der Waals surface area contributed by atoms with Gasteiger partial charge in [-0.15, -0.1) is 0 Å². The van der Waals surface area contributed by atoms with Crippen LogP contribution in [0, 0.1) is 0 Å². The van der Waals surface area contributed by atoms with E-state index in [-0.39, 0.29) is 5.97 Å². The number of hydrogen-bond donors (Lipinski definition) is 0. The quantitative estimate of drug-likeness (QED) is 0.165. The molecule has 182 valence electrons. The van der Waals surface area contributed by atoms with Crippen molar-refractivity contribution in [3.05, 3.63) is 95.8 Å². The van der Waals surface area contributed by atoms with E-state index >= 15 is 0 Å². The number of hydrogen-bond acceptors (Lipinski definition) is 6. The molecule has 1 aromatic heterocycles. The summed E-state index contributed by atoms with van der Waals surface area (Å²) in [6, 6.07) is 18.9. The van der Waals surface area contributed by atoms with Crippen molar-refractivity contribution < 1.29 is 23.8 Å². The molecular formula is C29H31NO5. The van der Waals surface area contributed by atoms with Crippen molar-refractivity contribution in [1.82, 2.24) is 4.98 Å². The van der Waals surface area contributed by atoms with E-state index in [1.165, 1.54) is 0 Å². The van der Waals surface area contributed by atoms with E-state index < -0.39 is 0 Å². The molecule has 0 aliphatic rings. The SMILES string of the molecule is CCOC(=O)CCCC/C=C(\c1ccc(OCCOc2ccc(C=O)cc2)cc1)c1cccnc1. The molecule has 3 rings (SSSR count). The van der Waals surface area contributed by atoms with Crippen LogP contribution in [0.25, 0.3) is 5.57 Å². The maximum absolute atomic E-state index is 11.5. The molecule has 0 N–H and O–H groups in total. The van der Waals surface area contributed by atoms with E-state index in [1.54, 1.807) is 30.5 Å².